The monoisotopic (exact) mass is 485 g/mol. The zero-order valence-corrected chi connectivity index (χ0v) is 21.0. The Kier molecular flexibility index (Phi) is 6.40. The number of nitrogens with zero attached hydrogens (tertiary/aromatic N) is 3. The maximum absolute atomic E-state index is 13.7. The summed E-state index contributed by atoms with van der Waals surface area (Å²) in [6.07, 6.45) is 2.47. The van der Waals surface area contributed by atoms with Crippen molar-refractivity contribution in [2.75, 3.05) is 46.5 Å². The van der Waals surface area contributed by atoms with E-state index in [1.54, 1.807) is 12.0 Å². The zero-order valence-electron chi connectivity index (χ0n) is 20.3. The molecule has 182 valence electrons. The highest BCUT2D eigenvalue weighted by Crippen LogP contribution is 2.42. The van der Waals surface area contributed by atoms with Crippen molar-refractivity contribution in [1.29, 1.82) is 0 Å². The highest BCUT2D eigenvalue weighted by molar-refractivity contribution is 6.35. The van der Waals surface area contributed by atoms with E-state index < -0.39 is 5.92 Å². The van der Waals surface area contributed by atoms with Gasteiger partial charge in [0.1, 0.15) is 0 Å². The Balaban J connectivity index is 1.39. The molecular formula is C26H32ClN3O4. The van der Waals surface area contributed by atoms with Gasteiger partial charge in [0.05, 0.1) is 41.9 Å². The van der Waals surface area contributed by atoms with Crippen molar-refractivity contribution in [3.05, 3.63) is 45.0 Å². The SMILES string of the molecule is COC(c1cc(C)c2c(c1Cl)C(=O)N(CC1C(=O)N=C(C)C=C1C)CC2)C1CN(C2COC2)C1. The maximum atomic E-state index is 13.7. The largest absolute Gasteiger partial charge is 0.378 e. The van der Waals surface area contributed by atoms with Gasteiger partial charge < -0.3 is 14.4 Å². The number of carbonyl (C=O) groups is 2. The van der Waals surface area contributed by atoms with E-state index >= 15 is 0 Å². The zero-order chi connectivity index (χ0) is 24.1. The third-order valence-corrected chi connectivity index (χ3v) is 8.20. The Morgan fingerprint density at radius 2 is 1.97 bits per heavy atom. The first-order valence-corrected chi connectivity index (χ1v) is 12.4. The molecule has 34 heavy (non-hydrogen) atoms. The molecule has 0 aromatic heterocycles. The standard InChI is InChI=1S/C26H32ClN3O4/c1-14-7-16(3)28-25(31)21(14)11-29-6-5-19-15(2)8-20(23(27)22(19)26(29)32)24(33-4)17-9-30(10-17)18-12-34-13-18/h7-8,17-18,21,24H,5-6,9-13H2,1-4H3. The van der Waals surface area contributed by atoms with Crippen molar-refractivity contribution in [3.8, 4) is 0 Å². The van der Waals surface area contributed by atoms with Crippen LogP contribution in [0.4, 0.5) is 0 Å². The van der Waals surface area contributed by atoms with Gasteiger partial charge in [-0.25, -0.2) is 4.99 Å². The van der Waals surface area contributed by atoms with E-state index in [2.05, 4.69) is 16.0 Å². The van der Waals surface area contributed by atoms with Crippen LogP contribution in [-0.2, 0) is 20.7 Å². The maximum Gasteiger partial charge on any atom is 0.255 e. The molecule has 0 radical (unpaired) electrons. The summed E-state index contributed by atoms with van der Waals surface area (Å²) < 4.78 is 11.3. The summed E-state index contributed by atoms with van der Waals surface area (Å²) in [5, 5.41) is 0.490. The third-order valence-electron chi connectivity index (χ3n) is 7.79. The second-order valence-electron chi connectivity index (χ2n) is 10.0. The van der Waals surface area contributed by atoms with Crippen LogP contribution in [0.1, 0.15) is 47.0 Å². The Bertz CT molecular complexity index is 1090. The normalized spacial score (nSPS) is 24.9. The first-order valence-electron chi connectivity index (χ1n) is 12.0. The number of fused-ring (bicyclic) bond motifs is 1. The van der Waals surface area contributed by atoms with Gasteiger partial charge in [0.2, 0.25) is 0 Å². The Morgan fingerprint density at radius 3 is 2.59 bits per heavy atom. The van der Waals surface area contributed by atoms with E-state index in [-0.39, 0.29) is 17.9 Å². The van der Waals surface area contributed by atoms with Gasteiger partial charge in [0.25, 0.3) is 11.8 Å². The lowest BCUT2D eigenvalue weighted by Gasteiger charge is -2.49. The molecule has 4 aliphatic heterocycles. The molecule has 0 spiro atoms. The van der Waals surface area contributed by atoms with Crippen molar-refractivity contribution in [2.24, 2.45) is 16.8 Å². The Morgan fingerprint density at radius 1 is 1.24 bits per heavy atom. The summed E-state index contributed by atoms with van der Waals surface area (Å²) in [5.74, 6) is -0.373. The first-order chi connectivity index (χ1) is 16.3. The molecule has 2 saturated heterocycles. The lowest BCUT2D eigenvalue weighted by atomic mass is 9.83. The topological polar surface area (TPSA) is 71.4 Å². The fourth-order valence-electron chi connectivity index (χ4n) is 5.69. The van der Waals surface area contributed by atoms with Crippen LogP contribution in [0.2, 0.25) is 5.02 Å². The average Bonchev–Trinajstić information content (AvgIpc) is 2.72. The van der Waals surface area contributed by atoms with Gasteiger partial charge in [-0.15, -0.1) is 0 Å². The van der Waals surface area contributed by atoms with Crippen LogP contribution < -0.4 is 0 Å². The van der Waals surface area contributed by atoms with Crippen LogP contribution in [0.25, 0.3) is 0 Å². The second-order valence-corrected chi connectivity index (χ2v) is 10.4. The number of hydrogen-bond donors (Lipinski definition) is 0. The van der Waals surface area contributed by atoms with E-state index in [4.69, 9.17) is 21.1 Å². The number of methoxy groups -OCH3 is 1. The smallest absolute Gasteiger partial charge is 0.255 e. The molecule has 0 aliphatic carbocycles. The van der Waals surface area contributed by atoms with Crippen molar-refractivity contribution in [3.63, 3.8) is 0 Å². The molecule has 2 unspecified atom stereocenters. The molecule has 2 amide bonds. The summed E-state index contributed by atoms with van der Waals surface area (Å²) in [5.41, 5.74) is 5.18. The van der Waals surface area contributed by atoms with E-state index in [1.807, 2.05) is 26.8 Å². The van der Waals surface area contributed by atoms with Crippen molar-refractivity contribution < 1.29 is 19.1 Å². The molecule has 2 atom stereocenters. The lowest BCUT2D eigenvalue weighted by Crippen LogP contribution is -2.60. The molecule has 0 N–H and O–H groups in total. The number of amides is 2. The van der Waals surface area contributed by atoms with Gasteiger partial charge in [0.15, 0.2) is 0 Å². The minimum atomic E-state index is -0.402. The fraction of sp³-hybridized carbons (Fsp3) is 0.577. The number of aryl methyl sites for hydroxylation is 1. The number of benzene rings is 1. The number of carbonyl (C=O) groups excluding carboxylic acids is 2. The van der Waals surface area contributed by atoms with E-state index in [1.165, 1.54) is 0 Å². The van der Waals surface area contributed by atoms with Crippen LogP contribution in [-0.4, -0.2) is 79.9 Å². The van der Waals surface area contributed by atoms with E-state index in [0.717, 1.165) is 55.0 Å². The summed E-state index contributed by atoms with van der Waals surface area (Å²) in [6, 6.07) is 2.61. The molecule has 0 bridgehead atoms. The highest BCUT2D eigenvalue weighted by Gasteiger charge is 2.42. The Hall–Kier alpha value is -2.06. The van der Waals surface area contributed by atoms with Crippen LogP contribution in [0.3, 0.4) is 0 Å². The summed E-state index contributed by atoms with van der Waals surface area (Å²) in [7, 11) is 1.71. The van der Waals surface area contributed by atoms with E-state index in [9.17, 15) is 9.59 Å². The minimum absolute atomic E-state index is 0.111. The van der Waals surface area contributed by atoms with Crippen molar-refractivity contribution in [2.45, 2.75) is 39.3 Å². The molecule has 5 rings (SSSR count). The van der Waals surface area contributed by atoms with Crippen LogP contribution in [0, 0.1) is 18.8 Å². The lowest BCUT2D eigenvalue weighted by molar-refractivity contribution is -0.125. The van der Waals surface area contributed by atoms with Crippen LogP contribution in [0.15, 0.2) is 22.7 Å². The predicted octanol–water partition coefficient (Wildman–Crippen LogP) is 3.23. The number of likely N-dealkylation sites (tertiary alicyclic amines) is 1. The highest BCUT2D eigenvalue weighted by atomic mass is 35.5. The molecular weight excluding hydrogens is 454 g/mol. The van der Waals surface area contributed by atoms with Crippen molar-refractivity contribution >= 4 is 29.1 Å². The second kappa shape index (κ2) is 9.19. The number of ether oxygens (including phenoxy) is 2. The number of dihydropyridines is 1. The van der Waals surface area contributed by atoms with Gasteiger partial charge in [0, 0.05) is 50.5 Å². The summed E-state index contributed by atoms with van der Waals surface area (Å²) >= 11 is 6.95. The molecule has 4 heterocycles. The molecule has 1 aromatic carbocycles. The predicted molar refractivity (Wildman–Crippen MR) is 131 cm³/mol. The number of rotatable bonds is 6. The minimum Gasteiger partial charge on any atom is -0.378 e. The van der Waals surface area contributed by atoms with Gasteiger partial charge in [-0.1, -0.05) is 23.2 Å². The number of allylic oxidation sites excluding steroid dienone is 1. The molecule has 8 heteroatoms. The number of halogens is 1. The quantitative estimate of drug-likeness (QED) is 0.618. The van der Waals surface area contributed by atoms with Gasteiger partial charge in [-0.05, 0) is 44.4 Å². The molecule has 7 nitrogen and oxygen atoms in total. The first kappa shape index (κ1) is 23.7. The van der Waals surface area contributed by atoms with Crippen molar-refractivity contribution in [1.82, 2.24) is 9.80 Å². The van der Waals surface area contributed by atoms with Crippen LogP contribution >= 0.6 is 11.6 Å². The summed E-state index contributed by atoms with van der Waals surface area (Å²) in [6.45, 7) is 10.2. The van der Waals surface area contributed by atoms with E-state index in [0.29, 0.717) is 41.3 Å². The fourth-order valence-corrected chi connectivity index (χ4v) is 6.04. The summed E-state index contributed by atoms with van der Waals surface area (Å²) in [4.78, 5) is 34.5. The van der Waals surface area contributed by atoms with Crippen LogP contribution in [0.5, 0.6) is 0 Å². The van der Waals surface area contributed by atoms with Gasteiger partial charge >= 0.3 is 0 Å². The number of hydrogen-bond acceptors (Lipinski definition) is 5. The molecule has 4 aliphatic rings. The number of aliphatic imine (C=N–C) groups is 1. The molecule has 1 aromatic rings. The van der Waals surface area contributed by atoms with Gasteiger partial charge in [-0.3, -0.25) is 14.5 Å². The Labute approximate surface area is 205 Å². The molecule has 2 fully saturated rings. The molecule has 0 saturated carbocycles. The third kappa shape index (κ3) is 4.02. The van der Waals surface area contributed by atoms with Gasteiger partial charge in [-0.2, -0.15) is 0 Å². The average molecular weight is 486 g/mol.